The monoisotopic (exact) mass is 166 g/mol. The predicted octanol–water partition coefficient (Wildman–Crippen LogP) is 0.416. The molecule has 0 bridgehead atoms. The van der Waals surface area contributed by atoms with Gasteiger partial charge in [-0.1, -0.05) is 0 Å². The third-order valence-corrected chi connectivity index (χ3v) is 1.48. The molecule has 0 saturated heterocycles. The van der Waals surface area contributed by atoms with E-state index < -0.39 is 0 Å². The van der Waals surface area contributed by atoms with Crippen LogP contribution in [0.5, 0.6) is 0 Å². The highest BCUT2D eigenvalue weighted by Crippen LogP contribution is 1.99. The van der Waals surface area contributed by atoms with Crippen molar-refractivity contribution in [2.24, 2.45) is 0 Å². The summed E-state index contributed by atoms with van der Waals surface area (Å²) in [6.07, 6.45) is 0. The van der Waals surface area contributed by atoms with E-state index >= 15 is 0 Å². The Morgan fingerprint density at radius 3 is 2.67 bits per heavy atom. The Morgan fingerprint density at radius 1 is 1.25 bits per heavy atom. The summed E-state index contributed by atoms with van der Waals surface area (Å²) in [5, 5.41) is 14.1. The lowest BCUT2D eigenvalue weighted by Crippen LogP contribution is -2.18. The average Bonchev–Trinajstić information content (AvgIpc) is 2.09. The Bertz CT molecular complexity index is 219. The summed E-state index contributed by atoms with van der Waals surface area (Å²) in [5.74, 6) is 0.829. The van der Waals surface area contributed by atoms with Gasteiger partial charge in [-0.25, -0.2) is 0 Å². The Morgan fingerprint density at radius 2 is 2.08 bits per heavy atom. The van der Waals surface area contributed by atoms with Crippen LogP contribution in [0.3, 0.4) is 0 Å². The van der Waals surface area contributed by atoms with Crippen molar-refractivity contribution in [3.05, 3.63) is 17.8 Å². The van der Waals surface area contributed by atoms with Gasteiger partial charge in [0.25, 0.3) is 0 Å². The molecule has 1 rings (SSSR count). The number of hydrogen-bond donors (Lipinski definition) is 2. The largest absolute Gasteiger partial charge is 0.367 e. The summed E-state index contributed by atoms with van der Waals surface area (Å²) in [5.41, 5.74) is 0.939. The van der Waals surface area contributed by atoms with E-state index in [0.29, 0.717) is 0 Å². The van der Waals surface area contributed by atoms with Gasteiger partial charge in [-0.3, -0.25) is 0 Å². The number of aryl methyl sites for hydroxylation is 1. The van der Waals surface area contributed by atoms with Crippen LogP contribution in [0.25, 0.3) is 0 Å². The van der Waals surface area contributed by atoms with E-state index in [4.69, 9.17) is 0 Å². The van der Waals surface area contributed by atoms with Crippen LogP contribution in [0.1, 0.15) is 5.69 Å². The number of nitrogens with one attached hydrogen (secondary N) is 2. The quantitative estimate of drug-likeness (QED) is 0.636. The SMILES string of the molecule is CNCCNc1ccc(C)nn1. The van der Waals surface area contributed by atoms with Gasteiger partial charge < -0.3 is 10.6 Å². The molecule has 0 saturated carbocycles. The summed E-state index contributed by atoms with van der Waals surface area (Å²) in [6.45, 7) is 3.72. The minimum absolute atomic E-state index is 0.829. The van der Waals surface area contributed by atoms with Crippen molar-refractivity contribution >= 4 is 5.82 Å². The van der Waals surface area contributed by atoms with Gasteiger partial charge in [0.1, 0.15) is 5.82 Å². The van der Waals surface area contributed by atoms with Gasteiger partial charge in [0.05, 0.1) is 5.69 Å². The van der Waals surface area contributed by atoms with Gasteiger partial charge in [0, 0.05) is 13.1 Å². The smallest absolute Gasteiger partial charge is 0.148 e. The first-order valence-corrected chi connectivity index (χ1v) is 4.02. The number of anilines is 1. The van der Waals surface area contributed by atoms with Gasteiger partial charge in [0.15, 0.2) is 0 Å². The standard InChI is InChI=1S/C8H14N4/c1-7-3-4-8(12-11-7)10-6-5-9-2/h3-4,9H,5-6H2,1-2H3,(H,10,12). The van der Waals surface area contributed by atoms with Crippen molar-refractivity contribution in [3.63, 3.8) is 0 Å². The normalized spacial score (nSPS) is 9.83. The first kappa shape index (κ1) is 8.93. The Hall–Kier alpha value is -1.16. The molecule has 4 nitrogen and oxygen atoms in total. The van der Waals surface area contributed by atoms with E-state index in [9.17, 15) is 0 Å². The lowest BCUT2D eigenvalue weighted by Gasteiger charge is -2.03. The molecule has 0 unspecified atom stereocenters. The second kappa shape index (κ2) is 4.66. The molecular weight excluding hydrogens is 152 g/mol. The second-order valence-corrected chi connectivity index (χ2v) is 2.59. The number of nitrogens with zero attached hydrogens (tertiary/aromatic N) is 2. The highest BCUT2D eigenvalue weighted by Gasteiger charge is 1.91. The molecule has 0 fully saturated rings. The van der Waals surface area contributed by atoms with Crippen molar-refractivity contribution < 1.29 is 0 Å². The molecule has 0 aliphatic heterocycles. The molecular formula is C8H14N4. The fourth-order valence-electron chi connectivity index (χ4n) is 0.809. The molecule has 0 aliphatic rings. The van der Waals surface area contributed by atoms with Crippen LogP contribution in [0.4, 0.5) is 5.82 Å². The maximum atomic E-state index is 3.96. The number of aromatic nitrogens is 2. The molecule has 12 heavy (non-hydrogen) atoms. The minimum atomic E-state index is 0.829. The van der Waals surface area contributed by atoms with Gasteiger partial charge >= 0.3 is 0 Å². The van der Waals surface area contributed by atoms with Gasteiger partial charge in [-0.2, -0.15) is 5.10 Å². The fraction of sp³-hybridized carbons (Fsp3) is 0.500. The summed E-state index contributed by atoms with van der Waals surface area (Å²) in [6, 6.07) is 3.87. The maximum absolute atomic E-state index is 3.96. The predicted molar refractivity (Wildman–Crippen MR) is 49.2 cm³/mol. The third-order valence-electron chi connectivity index (χ3n) is 1.48. The molecule has 0 spiro atoms. The third kappa shape index (κ3) is 2.84. The number of likely N-dealkylation sites (N-methyl/N-ethyl adjacent to an activating group) is 1. The van der Waals surface area contributed by atoms with E-state index in [2.05, 4.69) is 20.8 Å². The van der Waals surface area contributed by atoms with E-state index in [1.807, 2.05) is 26.1 Å². The molecule has 2 N–H and O–H groups in total. The lowest BCUT2D eigenvalue weighted by atomic mass is 10.4. The lowest BCUT2D eigenvalue weighted by molar-refractivity contribution is 0.817. The van der Waals surface area contributed by atoms with Crippen LogP contribution in [0, 0.1) is 6.92 Å². The first-order chi connectivity index (χ1) is 5.83. The summed E-state index contributed by atoms with van der Waals surface area (Å²) < 4.78 is 0. The summed E-state index contributed by atoms with van der Waals surface area (Å²) in [7, 11) is 1.92. The minimum Gasteiger partial charge on any atom is -0.367 e. The molecule has 0 aromatic carbocycles. The van der Waals surface area contributed by atoms with E-state index in [1.165, 1.54) is 0 Å². The highest BCUT2D eigenvalue weighted by atomic mass is 15.2. The fourth-order valence-corrected chi connectivity index (χ4v) is 0.809. The molecule has 1 aromatic heterocycles. The zero-order valence-corrected chi connectivity index (χ0v) is 7.46. The first-order valence-electron chi connectivity index (χ1n) is 4.02. The Balaban J connectivity index is 2.37. The van der Waals surface area contributed by atoms with Gasteiger partial charge in [-0.15, -0.1) is 5.10 Å². The Kier molecular flexibility index (Phi) is 3.47. The van der Waals surface area contributed by atoms with E-state index in [-0.39, 0.29) is 0 Å². The summed E-state index contributed by atoms with van der Waals surface area (Å²) in [4.78, 5) is 0. The number of hydrogen-bond acceptors (Lipinski definition) is 4. The maximum Gasteiger partial charge on any atom is 0.148 e. The van der Waals surface area contributed by atoms with Crippen molar-refractivity contribution in [2.45, 2.75) is 6.92 Å². The Labute approximate surface area is 72.4 Å². The van der Waals surface area contributed by atoms with Crippen LogP contribution < -0.4 is 10.6 Å². The van der Waals surface area contributed by atoms with Gasteiger partial charge in [0.2, 0.25) is 0 Å². The van der Waals surface area contributed by atoms with Crippen LogP contribution in [0.2, 0.25) is 0 Å². The van der Waals surface area contributed by atoms with E-state index in [1.54, 1.807) is 0 Å². The highest BCUT2D eigenvalue weighted by molar-refractivity contribution is 5.32. The topological polar surface area (TPSA) is 49.8 Å². The molecule has 4 heteroatoms. The second-order valence-electron chi connectivity index (χ2n) is 2.59. The molecule has 1 aromatic rings. The molecule has 0 radical (unpaired) electrons. The zero-order valence-electron chi connectivity index (χ0n) is 7.46. The van der Waals surface area contributed by atoms with E-state index in [0.717, 1.165) is 24.6 Å². The van der Waals surface area contributed by atoms with Gasteiger partial charge in [-0.05, 0) is 26.1 Å². The molecule has 0 atom stereocenters. The van der Waals surface area contributed by atoms with Crippen molar-refractivity contribution in [3.8, 4) is 0 Å². The molecule has 66 valence electrons. The van der Waals surface area contributed by atoms with Crippen LogP contribution in [-0.4, -0.2) is 30.3 Å². The van der Waals surface area contributed by atoms with Crippen LogP contribution >= 0.6 is 0 Å². The van der Waals surface area contributed by atoms with Crippen LogP contribution in [-0.2, 0) is 0 Å². The molecule has 0 aliphatic carbocycles. The number of rotatable bonds is 4. The zero-order chi connectivity index (χ0) is 8.81. The molecule has 1 heterocycles. The molecule has 0 amide bonds. The van der Waals surface area contributed by atoms with Crippen molar-refractivity contribution in [1.29, 1.82) is 0 Å². The van der Waals surface area contributed by atoms with Crippen molar-refractivity contribution in [2.75, 3.05) is 25.5 Å². The van der Waals surface area contributed by atoms with Crippen molar-refractivity contribution in [1.82, 2.24) is 15.5 Å². The van der Waals surface area contributed by atoms with Crippen LogP contribution in [0.15, 0.2) is 12.1 Å². The summed E-state index contributed by atoms with van der Waals surface area (Å²) >= 11 is 0. The average molecular weight is 166 g/mol.